The van der Waals surface area contributed by atoms with E-state index in [0.29, 0.717) is 61.3 Å². The number of carbonyl (C=O) groups excluding carboxylic acids is 3. The number of alkyl halides is 4. The lowest BCUT2D eigenvalue weighted by atomic mass is 9.85. The third-order valence-corrected chi connectivity index (χ3v) is 14.9. The number of imide groups is 1. The highest BCUT2D eigenvalue weighted by atomic mass is 32.2. The first-order valence-corrected chi connectivity index (χ1v) is 23.1. The molecule has 9 rings (SSSR count). The molecule has 0 radical (unpaired) electrons. The summed E-state index contributed by atoms with van der Waals surface area (Å²) in [4.78, 5) is 61.1. The van der Waals surface area contributed by atoms with Crippen molar-refractivity contribution in [2.24, 2.45) is 13.0 Å². The molecule has 2 atom stereocenters. The number of hydrogen-bond acceptors (Lipinski definition) is 12. The van der Waals surface area contributed by atoms with Gasteiger partial charge < -0.3 is 15.1 Å². The van der Waals surface area contributed by atoms with Crippen molar-refractivity contribution in [1.29, 1.82) is 0 Å². The van der Waals surface area contributed by atoms with Crippen LogP contribution in [0.25, 0.3) is 16.7 Å². The van der Waals surface area contributed by atoms with Gasteiger partial charge in [0.15, 0.2) is 21.2 Å². The van der Waals surface area contributed by atoms with Crippen molar-refractivity contribution < 1.29 is 40.4 Å². The Balaban J connectivity index is 0.825. The second kappa shape index (κ2) is 16.6. The molecule has 64 heavy (non-hydrogen) atoms. The van der Waals surface area contributed by atoms with Gasteiger partial charge in [0.25, 0.3) is 18.3 Å². The van der Waals surface area contributed by atoms with Crippen LogP contribution >= 0.6 is 0 Å². The molecule has 4 aliphatic rings. The van der Waals surface area contributed by atoms with Crippen molar-refractivity contribution in [3.63, 3.8) is 0 Å². The molecule has 3 amide bonds. The molecule has 18 nitrogen and oxygen atoms in total. The number of aryl methyl sites for hydroxylation is 1. The van der Waals surface area contributed by atoms with Gasteiger partial charge in [-0.15, -0.1) is 0 Å². The number of anilines is 3. The second-order valence-corrected chi connectivity index (χ2v) is 19.6. The lowest BCUT2D eigenvalue weighted by molar-refractivity contribution is -0.135. The van der Waals surface area contributed by atoms with E-state index >= 15 is 8.78 Å². The Hall–Kier alpha value is -5.84. The molecule has 342 valence electrons. The minimum absolute atomic E-state index is 0.0231. The van der Waals surface area contributed by atoms with Crippen LogP contribution in [0.15, 0.2) is 47.7 Å². The Morgan fingerprint density at radius 2 is 1.77 bits per heavy atom. The van der Waals surface area contributed by atoms with Crippen molar-refractivity contribution >= 4 is 61.4 Å². The lowest BCUT2D eigenvalue weighted by Gasteiger charge is -2.44. The predicted molar refractivity (Wildman–Crippen MR) is 227 cm³/mol. The van der Waals surface area contributed by atoms with E-state index in [4.69, 9.17) is 0 Å². The van der Waals surface area contributed by atoms with Crippen LogP contribution in [0, 0.1) is 5.92 Å². The Kier molecular flexibility index (Phi) is 11.3. The number of benzene rings is 1. The molecule has 0 spiro atoms. The molecular weight excluding hydrogens is 865 g/mol. The van der Waals surface area contributed by atoms with Crippen molar-refractivity contribution in [2.45, 2.75) is 75.4 Å². The standard InChI is InChI=1S/C41H48F4N12O6S/c1-51(31-12-14-54(23-41(31,44)45)28-4-3-5-29-35(28)52(2)40(61)57(29)30-10-11-33(58)49-39(30)60)21-24-6-8-25(9-7-24)56-22-27(34(50-56)36(42)43)47-38(59)26-20-46-55-15-13-32(48-37(26)55)53-16-18-64(62,63)19-17-53/h3-5,13,15,20,22,24-25,30-31,36H,6-12,14,16-19,21,23H2,1-2H3,(H,47,59)(H,49,58,60)/t24-,25-,30?,31?. The number of para-hydroxylation sites is 1. The van der Waals surface area contributed by atoms with Crippen LogP contribution in [0.3, 0.4) is 0 Å². The highest BCUT2D eigenvalue weighted by Gasteiger charge is 2.47. The zero-order valence-corrected chi connectivity index (χ0v) is 36.0. The summed E-state index contributed by atoms with van der Waals surface area (Å²) in [6.45, 7) is 0.592. The number of aromatic nitrogens is 7. The SMILES string of the molecule is CN(C[C@H]1CC[C@H](n2cc(NC(=O)c3cnn4ccc(N5CCS(=O)(=O)CC5)nc34)c(C(F)F)n2)CC1)C1CCN(c2cccc3c2n(C)c(=O)n3C2CCC(=O)NC2=O)CC1(F)F. The van der Waals surface area contributed by atoms with Crippen LogP contribution in [-0.2, 0) is 26.5 Å². The van der Waals surface area contributed by atoms with Crippen molar-refractivity contribution in [2.75, 3.05) is 66.4 Å². The summed E-state index contributed by atoms with van der Waals surface area (Å²) in [5.74, 6) is -4.36. The largest absolute Gasteiger partial charge is 0.364 e. The summed E-state index contributed by atoms with van der Waals surface area (Å²) in [7, 11) is 0.106. The fourth-order valence-corrected chi connectivity index (χ4v) is 11.1. The van der Waals surface area contributed by atoms with Crippen LogP contribution < -0.4 is 26.1 Å². The van der Waals surface area contributed by atoms with Gasteiger partial charge in [-0.05, 0) is 69.7 Å². The summed E-state index contributed by atoms with van der Waals surface area (Å²) in [5, 5.41) is 13.2. The summed E-state index contributed by atoms with van der Waals surface area (Å²) in [6.07, 6.45) is 4.06. The quantitative estimate of drug-likeness (QED) is 0.153. The van der Waals surface area contributed by atoms with Gasteiger partial charge in [0.05, 0.1) is 58.7 Å². The number of amides is 3. The number of hydrogen-bond donors (Lipinski definition) is 2. The number of nitrogens with one attached hydrogen (secondary N) is 2. The molecule has 5 aromatic rings. The lowest BCUT2D eigenvalue weighted by Crippen LogP contribution is -2.58. The Morgan fingerprint density at radius 3 is 2.47 bits per heavy atom. The number of rotatable bonds is 10. The molecule has 7 heterocycles. The van der Waals surface area contributed by atoms with E-state index in [-0.39, 0.29) is 72.7 Å². The van der Waals surface area contributed by atoms with E-state index < -0.39 is 69.9 Å². The number of nitrogens with zero attached hydrogens (tertiary/aromatic N) is 10. The Labute approximate surface area is 364 Å². The fourth-order valence-electron chi connectivity index (χ4n) is 9.88. The highest BCUT2D eigenvalue weighted by molar-refractivity contribution is 7.91. The number of imidazole rings is 1. The fraction of sp³-hybridized carbons (Fsp3) is 0.537. The molecule has 4 aromatic heterocycles. The van der Waals surface area contributed by atoms with Gasteiger partial charge >= 0.3 is 5.69 Å². The first kappa shape index (κ1) is 43.4. The maximum Gasteiger partial charge on any atom is 0.329 e. The monoisotopic (exact) mass is 912 g/mol. The van der Waals surface area contributed by atoms with Gasteiger partial charge in [0.1, 0.15) is 17.4 Å². The topological polar surface area (TPSA) is 194 Å². The summed E-state index contributed by atoms with van der Waals surface area (Å²) < 4.78 is 90.3. The Morgan fingerprint density at radius 1 is 1.02 bits per heavy atom. The molecule has 2 unspecified atom stereocenters. The molecule has 3 saturated heterocycles. The second-order valence-electron chi connectivity index (χ2n) is 17.3. The molecule has 3 aliphatic heterocycles. The van der Waals surface area contributed by atoms with E-state index in [1.807, 2.05) is 0 Å². The van der Waals surface area contributed by atoms with Crippen LogP contribution in [0.1, 0.15) is 79.5 Å². The molecule has 23 heteroatoms. The number of piperidine rings is 2. The number of sulfone groups is 1. The average Bonchev–Trinajstić information content (AvgIpc) is 3.95. The smallest absolute Gasteiger partial charge is 0.329 e. The van der Waals surface area contributed by atoms with Crippen molar-refractivity contribution in [3.05, 3.63) is 64.6 Å². The molecular formula is C41H48F4N12O6S. The van der Waals surface area contributed by atoms with Crippen LogP contribution in [0.4, 0.5) is 34.8 Å². The van der Waals surface area contributed by atoms with E-state index in [9.17, 15) is 36.4 Å². The van der Waals surface area contributed by atoms with Crippen LogP contribution in [-0.4, -0.2) is 128 Å². The zero-order chi connectivity index (χ0) is 45.2. The first-order valence-electron chi connectivity index (χ1n) is 21.3. The number of fused-ring (bicyclic) bond motifs is 2. The Bertz CT molecular complexity index is 2800. The third kappa shape index (κ3) is 8.11. The summed E-state index contributed by atoms with van der Waals surface area (Å²) in [5.41, 5.74) is 0.289. The van der Waals surface area contributed by atoms with Gasteiger partial charge in [0, 0.05) is 52.0 Å². The van der Waals surface area contributed by atoms with Crippen LogP contribution in [0.5, 0.6) is 0 Å². The zero-order valence-electron chi connectivity index (χ0n) is 35.2. The highest BCUT2D eigenvalue weighted by Crippen LogP contribution is 2.39. The van der Waals surface area contributed by atoms with E-state index in [1.54, 1.807) is 59.3 Å². The van der Waals surface area contributed by atoms with Gasteiger partial charge in [-0.25, -0.2) is 40.3 Å². The van der Waals surface area contributed by atoms with Gasteiger partial charge in [0.2, 0.25) is 11.8 Å². The maximum absolute atomic E-state index is 16.2. The van der Waals surface area contributed by atoms with Gasteiger partial charge in [-0.3, -0.25) is 38.4 Å². The maximum atomic E-state index is 16.2. The molecule has 1 aliphatic carbocycles. The number of carbonyl (C=O) groups is 3. The van der Waals surface area contributed by atoms with Crippen molar-refractivity contribution in [1.82, 2.24) is 43.7 Å². The van der Waals surface area contributed by atoms with Crippen LogP contribution in [0.2, 0.25) is 0 Å². The molecule has 0 bridgehead atoms. The van der Waals surface area contributed by atoms with E-state index in [0.717, 1.165) is 0 Å². The summed E-state index contributed by atoms with van der Waals surface area (Å²) in [6, 6.07) is 4.49. The first-order chi connectivity index (χ1) is 30.5. The average molecular weight is 913 g/mol. The molecule has 2 N–H and O–H groups in total. The molecule has 4 fully saturated rings. The minimum Gasteiger partial charge on any atom is -0.364 e. The normalized spacial score (nSPS) is 23.9. The molecule has 1 saturated carbocycles. The van der Waals surface area contributed by atoms with E-state index in [1.165, 1.54) is 30.7 Å². The number of halogens is 4. The third-order valence-electron chi connectivity index (χ3n) is 13.3. The van der Waals surface area contributed by atoms with E-state index in [2.05, 4.69) is 25.8 Å². The predicted octanol–water partition coefficient (Wildman–Crippen LogP) is 3.56. The van der Waals surface area contributed by atoms with Gasteiger partial charge in [-0.2, -0.15) is 10.2 Å². The minimum atomic E-state index is -3.13. The summed E-state index contributed by atoms with van der Waals surface area (Å²) >= 11 is 0. The van der Waals surface area contributed by atoms with Gasteiger partial charge in [-0.1, -0.05) is 6.07 Å². The molecule has 1 aromatic carbocycles. The van der Waals surface area contributed by atoms with Crippen molar-refractivity contribution in [3.8, 4) is 0 Å².